The van der Waals surface area contributed by atoms with Crippen LogP contribution in [0.3, 0.4) is 0 Å². The molecule has 0 saturated heterocycles. The summed E-state index contributed by atoms with van der Waals surface area (Å²) in [6.07, 6.45) is 6.04. The van der Waals surface area contributed by atoms with E-state index in [1.807, 2.05) is 0 Å². The van der Waals surface area contributed by atoms with Gasteiger partial charge < -0.3 is 0 Å². The smallest absolute Gasteiger partial charge is 0.0530 e. The lowest BCUT2D eigenvalue weighted by atomic mass is 9.90. The van der Waals surface area contributed by atoms with Crippen molar-refractivity contribution in [2.24, 2.45) is 5.92 Å². The van der Waals surface area contributed by atoms with Crippen molar-refractivity contribution in [3.63, 3.8) is 0 Å². The van der Waals surface area contributed by atoms with Gasteiger partial charge in [-0.1, -0.05) is 65.1 Å². The van der Waals surface area contributed by atoms with Crippen LogP contribution in [0.15, 0.2) is 0 Å². The maximum absolute atomic E-state index is 2.60. The van der Waals surface area contributed by atoms with E-state index < -0.39 is 8.07 Å². The third kappa shape index (κ3) is 2.58. The fourth-order valence-corrected chi connectivity index (χ4v) is 5.24. The van der Waals surface area contributed by atoms with E-state index in [2.05, 4.69) is 33.9 Å². The Bertz CT molecular complexity index is 153. The summed E-state index contributed by atoms with van der Waals surface area (Å²) in [4.78, 5) is 0. The summed E-state index contributed by atoms with van der Waals surface area (Å²) in [6, 6.07) is 0. The third-order valence-corrected chi connectivity index (χ3v) is 10.2. The first kappa shape index (κ1) is 11.3. The van der Waals surface area contributed by atoms with E-state index in [9.17, 15) is 0 Å². The van der Waals surface area contributed by atoms with Gasteiger partial charge >= 0.3 is 0 Å². The highest BCUT2D eigenvalue weighted by Crippen LogP contribution is 2.43. The van der Waals surface area contributed by atoms with Crippen LogP contribution < -0.4 is 0 Å². The summed E-state index contributed by atoms with van der Waals surface area (Å²) in [5, 5.41) is 0. The molecular weight excluding hydrogens is 172 g/mol. The molecule has 0 nitrogen and oxygen atoms in total. The second-order valence-corrected chi connectivity index (χ2v) is 11.5. The van der Waals surface area contributed by atoms with Gasteiger partial charge in [0.15, 0.2) is 0 Å². The van der Waals surface area contributed by atoms with Crippen molar-refractivity contribution in [2.75, 3.05) is 0 Å². The molecule has 0 radical (unpaired) electrons. The lowest BCUT2D eigenvalue weighted by molar-refractivity contribution is 0.377. The zero-order valence-corrected chi connectivity index (χ0v) is 11.1. The van der Waals surface area contributed by atoms with Crippen LogP contribution in [0, 0.1) is 5.92 Å². The standard InChI is InChI=1S/C12H26Si/c1-10(2)13(4,5)12-8-6-11(3)7-9-12/h10-12H,6-9H2,1-5H3. The number of rotatable bonds is 2. The van der Waals surface area contributed by atoms with E-state index in [1.54, 1.807) is 0 Å². The van der Waals surface area contributed by atoms with Crippen molar-refractivity contribution >= 4 is 8.07 Å². The van der Waals surface area contributed by atoms with Gasteiger partial charge in [-0.15, -0.1) is 0 Å². The highest BCUT2D eigenvalue weighted by atomic mass is 28.3. The van der Waals surface area contributed by atoms with Crippen LogP contribution >= 0.6 is 0 Å². The molecule has 0 bridgehead atoms. The van der Waals surface area contributed by atoms with Crippen LogP contribution in [0.4, 0.5) is 0 Å². The van der Waals surface area contributed by atoms with Gasteiger partial charge in [0.05, 0.1) is 8.07 Å². The average Bonchev–Trinajstić information content (AvgIpc) is 2.04. The molecule has 0 heterocycles. The molecule has 1 rings (SSSR count). The van der Waals surface area contributed by atoms with Crippen LogP contribution in [0.5, 0.6) is 0 Å². The van der Waals surface area contributed by atoms with Gasteiger partial charge in [0.1, 0.15) is 0 Å². The first-order valence-electron chi connectivity index (χ1n) is 5.94. The molecule has 0 unspecified atom stereocenters. The summed E-state index contributed by atoms with van der Waals surface area (Å²) in [5.74, 6) is 1.01. The molecule has 1 saturated carbocycles. The zero-order valence-electron chi connectivity index (χ0n) is 10.1. The van der Waals surface area contributed by atoms with Gasteiger partial charge in [-0.25, -0.2) is 0 Å². The highest BCUT2D eigenvalue weighted by molar-refractivity contribution is 6.80. The predicted octanol–water partition coefficient (Wildman–Crippen LogP) is 4.69. The lowest BCUT2D eigenvalue weighted by Gasteiger charge is -2.40. The summed E-state index contributed by atoms with van der Waals surface area (Å²) in [6.45, 7) is 12.5. The highest BCUT2D eigenvalue weighted by Gasteiger charge is 2.36. The van der Waals surface area contributed by atoms with Crippen LogP contribution in [0.2, 0.25) is 24.2 Å². The van der Waals surface area contributed by atoms with E-state index in [0.29, 0.717) is 0 Å². The van der Waals surface area contributed by atoms with Crippen molar-refractivity contribution in [1.82, 2.24) is 0 Å². The fourth-order valence-electron chi connectivity index (χ4n) is 2.48. The Labute approximate surface area is 85.1 Å². The lowest BCUT2D eigenvalue weighted by Crippen LogP contribution is -2.37. The number of hydrogen-bond acceptors (Lipinski definition) is 0. The third-order valence-electron chi connectivity index (χ3n) is 4.56. The maximum atomic E-state index is 2.60. The molecular formula is C12H26Si. The van der Waals surface area contributed by atoms with Crippen LogP contribution in [-0.2, 0) is 0 Å². The van der Waals surface area contributed by atoms with Crippen molar-refractivity contribution in [3.05, 3.63) is 0 Å². The second-order valence-electron chi connectivity index (χ2n) is 5.93. The number of hydrogen-bond donors (Lipinski definition) is 0. The summed E-state index contributed by atoms with van der Waals surface area (Å²) >= 11 is 0. The van der Waals surface area contributed by atoms with E-state index in [-0.39, 0.29) is 0 Å². The van der Waals surface area contributed by atoms with Gasteiger partial charge in [0.25, 0.3) is 0 Å². The van der Waals surface area contributed by atoms with E-state index in [4.69, 9.17) is 0 Å². The normalized spacial score (nSPS) is 30.9. The fraction of sp³-hybridized carbons (Fsp3) is 1.00. The van der Waals surface area contributed by atoms with Crippen molar-refractivity contribution in [2.45, 2.75) is 70.6 Å². The minimum atomic E-state index is -0.909. The Morgan fingerprint density at radius 1 is 1.00 bits per heavy atom. The SMILES string of the molecule is CC1CCC([Si](C)(C)C(C)C)CC1. The second kappa shape index (κ2) is 4.16. The Kier molecular flexibility index (Phi) is 3.62. The molecule has 1 aliphatic carbocycles. The minimum absolute atomic E-state index is 0.909. The summed E-state index contributed by atoms with van der Waals surface area (Å²) < 4.78 is 0. The van der Waals surface area contributed by atoms with Crippen molar-refractivity contribution < 1.29 is 0 Å². The molecule has 13 heavy (non-hydrogen) atoms. The quantitative estimate of drug-likeness (QED) is 0.565. The van der Waals surface area contributed by atoms with Crippen LogP contribution in [-0.4, -0.2) is 8.07 Å². The molecule has 0 N–H and O–H groups in total. The van der Waals surface area contributed by atoms with Gasteiger partial charge in [0, 0.05) is 0 Å². The molecule has 0 aromatic carbocycles. The Morgan fingerprint density at radius 3 is 1.85 bits per heavy atom. The first-order valence-corrected chi connectivity index (χ1v) is 9.10. The van der Waals surface area contributed by atoms with Gasteiger partial charge in [-0.3, -0.25) is 0 Å². The maximum Gasteiger partial charge on any atom is 0.0530 e. The summed E-state index contributed by atoms with van der Waals surface area (Å²) in [7, 11) is -0.909. The largest absolute Gasteiger partial charge is 0.0690 e. The van der Waals surface area contributed by atoms with Crippen molar-refractivity contribution in [3.8, 4) is 0 Å². The van der Waals surface area contributed by atoms with E-state index >= 15 is 0 Å². The molecule has 1 aliphatic rings. The minimum Gasteiger partial charge on any atom is -0.0690 e. The van der Waals surface area contributed by atoms with Gasteiger partial charge in [-0.05, 0) is 11.5 Å². The molecule has 0 aliphatic heterocycles. The Hall–Kier alpha value is 0.217. The van der Waals surface area contributed by atoms with Crippen molar-refractivity contribution in [1.29, 1.82) is 0 Å². The molecule has 0 spiro atoms. The van der Waals surface area contributed by atoms with Gasteiger partial charge in [0.2, 0.25) is 0 Å². The Balaban J connectivity index is 2.52. The predicted molar refractivity (Wildman–Crippen MR) is 64.0 cm³/mol. The van der Waals surface area contributed by atoms with Crippen LogP contribution in [0.1, 0.15) is 46.5 Å². The van der Waals surface area contributed by atoms with Crippen LogP contribution in [0.25, 0.3) is 0 Å². The molecule has 0 atom stereocenters. The molecule has 0 aromatic rings. The monoisotopic (exact) mass is 198 g/mol. The van der Waals surface area contributed by atoms with Gasteiger partial charge in [-0.2, -0.15) is 0 Å². The topological polar surface area (TPSA) is 0 Å². The average molecular weight is 198 g/mol. The van der Waals surface area contributed by atoms with E-state index in [1.165, 1.54) is 25.7 Å². The Morgan fingerprint density at radius 2 is 1.46 bits per heavy atom. The molecule has 0 aromatic heterocycles. The molecule has 78 valence electrons. The molecule has 0 amide bonds. The molecule has 1 heteroatoms. The summed E-state index contributed by atoms with van der Waals surface area (Å²) in [5.41, 5.74) is 2.08. The van der Waals surface area contributed by atoms with E-state index in [0.717, 1.165) is 17.0 Å². The zero-order chi connectivity index (χ0) is 10.1. The molecule has 1 fully saturated rings. The first-order chi connectivity index (χ1) is 5.94.